The highest BCUT2D eigenvalue weighted by atomic mass is 35.5. The third-order valence-electron chi connectivity index (χ3n) is 5.22. The quantitative estimate of drug-likeness (QED) is 0.280. The summed E-state index contributed by atoms with van der Waals surface area (Å²) in [6.07, 6.45) is 0. The van der Waals surface area contributed by atoms with E-state index < -0.39 is 17.8 Å². The lowest BCUT2D eigenvalue weighted by atomic mass is 10.0. The molecule has 0 fully saturated rings. The second kappa shape index (κ2) is 10.0. The molecule has 0 aliphatic carbocycles. The number of hydrogen-bond acceptors (Lipinski definition) is 5. The molecule has 0 saturated heterocycles. The number of halogens is 2. The molecule has 0 aliphatic rings. The van der Waals surface area contributed by atoms with Crippen molar-refractivity contribution in [1.29, 1.82) is 0 Å². The Morgan fingerprint density at radius 3 is 2.17 bits per heavy atom. The fraction of sp³-hybridized carbons (Fsp3) is 0.0385. The van der Waals surface area contributed by atoms with Crippen molar-refractivity contribution in [1.82, 2.24) is 0 Å². The van der Waals surface area contributed by atoms with Gasteiger partial charge >= 0.3 is 5.97 Å². The monoisotopic (exact) mass is 508 g/mol. The average Bonchev–Trinajstić information content (AvgIpc) is 2.85. The molecule has 35 heavy (non-hydrogen) atoms. The van der Waals surface area contributed by atoms with Crippen LogP contribution >= 0.6 is 23.2 Å². The number of hydrogen-bond donors (Lipinski definition) is 3. The van der Waals surface area contributed by atoms with E-state index in [9.17, 15) is 19.5 Å². The number of benzene rings is 4. The third kappa shape index (κ3) is 5.21. The Balaban J connectivity index is 1.67. The molecule has 2 amide bonds. The summed E-state index contributed by atoms with van der Waals surface area (Å²) in [7, 11) is 1.20. The highest BCUT2D eigenvalue weighted by Gasteiger charge is 2.20. The predicted molar refractivity (Wildman–Crippen MR) is 136 cm³/mol. The first-order valence-corrected chi connectivity index (χ1v) is 11.0. The molecule has 0 radical (unpaired) electrons. The van der Waals surface area contributed by atoms with Crippen molar-refractivity contribution in [3.05, 3.63) is 99.5 Å². The molecule has 0 aliphatic heterocycles. The molecule has 176 valence electrons. The Bertz CT molecular complexity index is 1490. The van der Waals surface area contributed by atoms with Gasteiger partial charge in [0.1, 0.15) is 5.75 Å². The van der Waals surface area contributed by atoms with Crippen LogP contribution in [0.15, 0.2) is 72.8 Å². The summed E-state index contributed by atoms with van der Waals surface area (Å²) in [5.41, 5.74) is 0.484. The van der Waals surface area contributed by atoms with Gasteiger partial charge in [-0.15, -0.1) is 0 Å². The smallest absolute Gasteiger partial charge is 0.339 e. The van der Waals surface area contributed by atoms with Crippen molar-refractivity contribution >= 4 is 63.1 Å². The Morgan fingerprint density at radius 1 is 0.771 bits per heavy atom. The van der Waals surface area contributed by atoms with Gasteiger partial charge in [0, 0.05) is 10.6 Å². The Hall–Kier alpha value is -4.07. The average molecular weight is 509 g/mol. The number of anilines is 2. The van der Waals surface area contributed by atoms with Gasteiger partial charge in [-0.2, -0.15) is 0 Å². The lowest BCUT2D eigenvalue weighted by molar-refractivity contribution is 0.0601. The topological polar surface area (TPSA) is 105 Å². The lowest BCUT2D eigenvalue weighted by Gasteiger charge is -2.14. The Kier molecular flexibility index (Phi) is 6.91. The zero-order valence-corrected chi connectivity index (χ0v) is 19.8. The number of amides is 2. The maximum absolute atomic E-state index is 13.0. The molecule has 0 spiro atoms. The number of carbonyl (C=O) groups is 3. The fourth-order valence-corrected chi connectivity index (χ4v) is 3.80. The van der Waals surface area contributed by atoms with E-state index in [1.54, 1.807) is 24.3 Å². The predicted octanol–water partition coefficient (Wildman–Crippen LogP) is 6.14. The number of phenols is 1. The van der Waals surface area contributed by atoms with E-state index in [4.69, 9.17) is 27.9 Å². The second-order valence-electron chi connectivity index (χ2n) is 7.50. The van der Waals surface area contributed by atoms with Gasteiger partial charge in [0.25, 0.3) is 11.8 Å². The van der Waals surface area contributed by atoms with Crippen LogP contribution < -0.4 is 10.6 Å². The Labute approximate surface area is 210 Å². The SMILES string of the molecule is COC(=O)c1ccc(C(=O)Nc2cc(Cl)ccc2Cl)cc1NC(=O)c1cc2ccccc2cc1O. The van der Waals surface area contributed by atoms with E-state index >= 15 is 0 Å². The van der Waals surface area contributed by atoms with Crippen molar-refractivity contribution in [3.63, 3.8) is 0 Å². The fourth-order valence-electron chi connectivity index (χ4n) is 3.46. The molecule has 0 aromatic heterocycles. The first kappa shape index (κ1) is 24.1. The first-order chi connectivity index (χ1) is 16.8. The minimum absolute atomic E-state index is 0.0000738. The zero-order chi connectivity index (χ0) is 25.1. The van der Waals surface area contributed by atoms with Crippen molar-refractivity contribution in [3.8, 4) is 5.75 Å². The standard InChI is InChI=1S/C26H18Cl2N2O5/c1-35-26(34)18-8-6-16(24(32)30-22-13-17(27)7-9-20(22)28)11-21(18)29-25(33)19-10-14-4-2-3-5-15(14)12-23(19)31/h2-13,31H,1H3,(H,29,33)(H,30,32). The number of aromatic hydroxyl groups is 1. The number of fused-ring (bicyclic) bond motifs is 1. The maximum atomic E-state index is 13.0. The van der Waals surface area contributed by atoms with Crippen molar-refractivity contribution in [2.75, 3.05) is 17.7 Å². The van der Waals surface area contributed by atoms with Crippen LogP contribution in [-0.2, 0) is 4.74 Å². The van der Waals surface area contributed by atoms with E-state index in [1.165, 1.54) is 43.5 Å². The highest BCUT2D eigenvalue weighted by molar-refractivity contribution is 6.36. The number of methoxy groups -OCH3 is 1. The summed E-state index contributed by atoms with van der Waals surface area (Å²) < 4.78 is 4.80. The molecule has 0 saturated carbocycles. The van der Waals surface area contributed by atoms with Crippen LogP contribution in [-0.4, -0.2) is 30.0 Å². The molecular weight excluding hydrogens is 491 g/mol. The summed E-state index contributed by atoms with van der Waals surface area (Å²) in [4.78, 5) is 38.2. The van der Waals surface area contributed by atoms with Crippen LogP contribution in [0.2, 0.25) is 10.0 Å². The van der Waals surface area contributed by atoms with Crippen LogP contribution in [0.4, 0.5) is 11.4 Å². The van der Waals surface area contributed by atoms with Crippen LogP contribution in [0.3, 0.4) is 0 Å². The van der Waals surface area contributed by atoms with E-state index in [0.717, 1.165) is 10.8 Å². The van der Waals surface area contributed by atoms with Crippen LogP contribution in [0.1, 0.15) is 31.1 Å². The van der Waals surface area contributed by atoms with Gasteiger partial charge in [0.2, 0.25) is 0 Å². The minimum atomic E-state index is -0.715. The van der Waals surface area contributed by atoms with Gasteiger partial charge in [0.15, 0.2) is 0 Å². The van der Waals surface area contributed by atoms with E-state index in [1.807, 2.05) is 12.1 Å². The summed E-state index contributed by atoms with van der Waals surface area (Å²) in [5.74, 6) is -2.17. The van der Waals surface area contributed by atoms with Crippen molar-refractivity contribution in [2.24, 2.45) is 0 Å². The first-order valence-electron chi connectivity index (χ1n) is 10.3. The molecular formula is C26H18Cl2N2O5. The summed E-state index contributed by atoms with van der Waals surface area (Å²) >= 11 is 12.1. The molecule has 4 aromatic carbocycles. The third-order valence-corrected chi connectivity index (χ3v) is 5.79. The van der Waals surface area contributed by atoms with Gasteiger partial charge in [-0.05, 0) is 59.3 Å². The number of carbonyl (C=O) groups excluding carboxylic acids is 3. The molecule has 9 heteroatoms. The van der Waals surface area contributed by atoms with E-state index in [-0.39, 0.29) is 33.1 Å². The summed E-state index contributed by atoms with van der Waals surface area (Å²) in [5, 5.41) is 17.8. The van der Waals surface area contributed by atoms with Crippen LogP contribution in [0.25, 0.3) is 10.8 Å². The normalized spacial score (nSPS) is 10.6. The van der Waals surface area contributed by atoms with Gasteiger partial charge in [-0.25, -0.2) is 4.79 Å². The molecule has 4 rings (SSSR count). The highest BCUT2D eigenvalue weighted by Crippen LogP contribution is 2.29. The molecule has 0 bridgehead atoms. The molecule has 7 nitrogen and oxygen atoms in total. The molecule has 0 unspecified atom stereocenters. The van der Waals surface area contributed by atoms with Crippen molar-refractivity contribution < 1.29 is 24.2 Å². The van der Waals surface area contributed by atoms with Crippen LogP contribution in [0, 0.1) is 0 Å². The Morgan fingerprint density at radius 2 is 1.46 bits per heavy atom. The van der Waals surface area contributed by atoms with Gasteiger partial charge < -0.3 is 20.5 Å². The summed E-state index contributed by atoms with van der Waals surface area (Å²) in [6, 6.07) is 19.0. The zero-order valence-electron chi connectivity index (χ0n) is 18.3. The maximum Gasteiger partial charge on any atom is 0.339 e. The van der Waals surface area contributed by atoms with E-state index in [0.29, 0.717) is 10.7 Å². The number of rotatable bonds is 5. The number of phenolic OH excluding ortho intramolecular Hbond substituents is 1. The lowest BCUT2D eigenvalue weighted by Crippen LogP contribution is -2.18. The number of ether oxygens (including phenoxy) is 1. The molecule has 0 atom stereocenters. The molecule has 4 aromatic rings. The minimum Gasteiger partial charge on any atom is -0.507 e. The van der Waals surface area contributed by atoms with E-state index in [2.05, 4.69) is 10.6 Å². The largest absolute Gasteiger partial charge is 0.507 e. The molecule has 0 heterocycles. The van der Waals surface area contributed by atoms with Crippen molar-refractivity contribution in [2.45, 2.75) is 0 Å². The van der Waals surface area contributed by atoms with Gasteiger partial charge in [-0.3, -0.25) is 9.59 Å². The second-order valence-corrected chi connectivity index (χ2v) is 8.34. The number of esters is 1. The number of nitrogens with one attached hydrogen (secondary N) is 2. The van der Waals surface area contributed by atoms with Gasteiger partial charge in [0.05, 0.1) is 34.6 Å². The molecule has 3 N–H and O–H groups in total. The van der Waals surface area contributed by atoms with Crippen LogP contribution in [0.5, 0.6) is 5.75 Å². The van der Waals surface area contributed by atoms with Gasteiger partial charge in [-0.1, -0.05) is 47.5 Å². The summed E-state index contributed by atoms with van der Waals surface area (Å²) in [6.45, 7) is 0.